The van der Waals surface area contributed by atoms with Crippen molar-refractivity contribution in [1.29, 1.82) is 0 Å². The zero-order valence-electron chi connectivity index (χ0n) is 50.8. The van der Waals surface area contributed by atoms with Crippen LogP contribution in [0.4, 0.5) is 62.6 Å². The van der Waals surface area contributed by atoms with Crippen LogP contribution in [0.3, 0.4) is 0 Å². The maximum Gasteiger partial charge on any atom is 0.0540 e. The van der Waals surface area contributed by atoms with Gasteiger partial charge in [-0.3, -0.25) is 0 Å². The van der Waals surface area contributed by atoms with Gasteiger partial charge in [-0.2, -0.15) is 0 Å². The summed E-state index contributed by atoms with van der Waals surface area (Å²) in [7, 11) is 0. The third-order valence-electron chi connectivity index (χ3n) is 18.1. The lowest BCUT2D eigenvalue weighted by Gasteiger charge is -2.31. The van der Waals surface area contributed by atoms with Crippen molar-refractivity contribution in [2.45, 2.75) is 12.8 Å². The highest BCUT2D eigenvalue weighted by molar-refractivity contribution is 6.03. The molecule has 0 aliphatic heterocycles. The average Bonchev–Trinajstić information content (AvgIpc) is 1.28. The Morgan fingerprint density at radius 2 is 0.424 bits per heavy atom. The van der Waals surface area contributed by atoms with E-state index < -0.39 is 0 Å². The van der Waals surface area contributed by atoms with Gasteiger partial charge in [0.25, 0.3) is 0 Å². The molecule has 0 saturated carbocycles. The first kappa shape index (κ1) is 55.3. The van der Waals surface area contributed by atoms with Gasteiger partial charge in [-0.05, 0) is 183 Å². The van der Waals surface area contributed by atoms with Gasteiger partial charge in [0.2, 0.25) is 0 Å². The van der Waals surface area contributed by atoms with Gasteiger partial charge in [0.05, 0.1) is 22.7 Å². The molecule has 0 unspecified atom stereocenters. The molecule has 4 nitrogen and oxygen atoms in total. The van der Waals surface area contributed by atoms with Gasteiger partial charge in [-0.1, -0.05) is 249 Å². The SMILES string of the molecule is C1=C(c2ccc(N(c3ccc(-c4ccc(N(c5ccc(-c6ccc(N(c7ccccc7)c7cccc8ccccc78)cc6)cc5)c5cccc6ccccc56)cc4)cc3)c3cccc4ccccc34)cc2)CCC(N(c2ccccc2)c2cccc3ccccc23)=C1. The summed E-state index contributed by atoms with van der Waals surface area (Å²) in [5.41, 5.74) is 20.8. The van der Waals surface area contributed by atoms with Crippen molar-refractivity contribution in [3.05, 3.63) is 375 Å². The smallest absolute Gasteiger partial charge is 0.0540 e. The van der Waals surface area contributed by atoms with Gasteiger partial charge in [0, 0.05) is 67.1 Å². The van der Waals surface area contributed by atoms with E-state index >= 15 is 0 Å². The first-order valence-electron chi connectivity index (χ1n) is 31.8. The van der Waals surface area contributed by atoms with Crippen LogP contribution in [0.25, 0.3) is 70.9 Å². The molecule has 436 valence electrons. The topological polar surface area (TPSA) is 13.0 Å². The van der Waals surface area contributed by atoms with E-state index in [9.17, 15) is 0 Å². The second-order valence-electron chi connectivity index (χ2n) is 23.6. The van der Waals surface area contributed by atoms with Gasteiger partial charge in [-0.15, -0.1) is 0 Å². The average molecular weight is 1180 g/mol. The molecular weight excluding hydrogens is 1110 g/mol. The van der Waals surface area contributed by atoms with Gasteiger partial charge in [0.15, 0.2) is 0 Å². The lowest BCUT2D eigenvalue weighted by molar-refractivity contribution is 0.932. The third kappa shape index (κ3) is 10.7. The molecule has 0 amide bonds. The molecule has 0 atom stereocenters. The van der Waals surface area contributed by atoms with Crippen LogP contribution in [0, 0.1) is 0 Å². The summed E-state index contributed by atoms with van der Waals surface area (Å²) < 4.78 is 0. The fourth-order valence-electron chi connectivity index (χ4n) is 13.6. The first-order valence-corrected chi connectivity index (χ1v) is 31.8. The quantitative estimate of drug-likeness (QED) is 0.101. The maximum atomic E-state index is 2.44. The number of rotatable bonds is 15. The summed E-state index contributed by atoms with van der Waals surface area (Å²) in [4.78, 5) is 9.60. The van der Waals surface area contributed by atoms with Crippen LogP contribution >= 0.6 is 0 Å². The first-order chi connectivity index (χ1) is 45.6. The number of hydrogen-bond acceptors (Lipinski definition) is 4. The largest absolute Gasteiger partial charge is 0.314 e. The summed E-state index contributed by atoms with van der Waals surface area (Å²) in [6, 6.07) is 128. The van der Waals surface area contributed by atoms with Crippen molar-refractivity contribution in [3.63, 3.8) is 0 Å². The lowest BCUT2D eigenvalue weighted by Crippen LogP contribution is -2.18. The number of hydrogen-bond donors (Lipinski definition) is 0. The van der Waals surface area contributed by atoms with Gasteiger partial charge < -0.3 is 19.6 Å². The lowest BCUT2D eigenvalue weighted by atomic mass is 9.94. The van der Waals surface area contributed by atoms with E-state index in [0.717, 1.165) is 92.0 Å². The van der Waals surface area contributed by atoms with E-state index in [2.05, 4.69) is 384 Å². The minimum Gasteiger partial charge on any atom is -0.314 e. The Kier molecular flexibility index (Phi) is 14.8. The number of anilines is 11. The highest BCUT2D eigenvalue weighted by Crippen LogP contribution is 2.46. The minimum absolute atomic E-state index is 0.917. The molecule has 0 N–H and O–H groups in total. The van der Waals surface area contributed by atoms with Gasteiger partial charge >= 0.3 is 0 Å². The maximum absolute atomic E-state index is 2.44. The van der Waals surface area contributed by atoms with Crippen molar-refractivity contribution < 1.29 is 0 Å². The molecule has 0 heterocycles. The zero-order valence-corrected chi connectivity index (χ0v) is 50.8. The summed E-state index contributed by atoms with van der Waals surface area (Å²) in [6.07, 6.45) is 6.51. The van der Waals surface area contributed by atoms with Crippen LogP contribution in [0.1, 0.15) is 18.4 Å². The number of benzene rings is 15. The second kappa shape index (κ2) is 24.5. The van der Waals surface area contributed by atoms with Crippen molar-refractivity contribution in [2.24, 2.45) is 0 Å². The van der Waals surface area contributed by atoms with Crippen LogP contribution in [-0.4, -0.2) is 0 Å². The van der Waals surface area contributed by atoms with E-state index in [0.29, 0.717) is 0 Å². The second-order valence-corrected chi connectivity index (χ2v) is 23.6. The Labute approximate surface area is 538 Å². The van der Waals surface area contributed by atoms with E-state index in [4.69, 9.17) is 0 Å². The zero-order chi connectivity index (χ0) is 61.2. The summed E-state index contributed by atoms with van der Waals surface area (Å²) in [6.45, 7) is 0. The van der Waals surface area contributed by atoms with E-state index in [-0.39, 0.29) is 0 Å². The van der Waals surface area contributed by atoms with Gasteiger partial charge in [-0.25, -0.2) is 0 Å². The Morgan fingerprint density at radius 1 is 0.174 bits per heavy atom. The van der Waals surface area contributed by atoms with E-state index in [1.807, 2.05) is 0 Å². The number of fused-ring (bicyclic) bond motifs is 4. The van der Waals surface area contributed by atoms with Crippen LogP contribution in [0.5, 0.6) is 0 Å². The predicted molar refractivity (Wildman–Crippen MR) is 392 cm³/mol. The number of nitrogens with zero attached hydrogens (tertiary/aromatic N) is 4. The fourth-order valence-corrected chi connectivity index (χ4v) is 13.6. The normalized spacial score (nSPS) is 12.2. The van der Waals surface area contributed by atoms with Gasteiger partial charge in [0.1, 0.15) is 0 Å². The predicted octanol–water partition coefficient (Wildman–Crippen LogP) is 24.9. The molecule has 15 aromatic rings. The molecule has 4 heteroatoms. The minimum atomic E-state index is 0.917. The third-order valence-corrected chi connectivity index (χ3v) is 18.1. The van der Waals surface area contributed by atoms with Crippen molar-refractivity contribution in [1.82, 2.24) is 0 Å². The Morgan fingerprint density at radius 3 is 0.728 bits per heavy atom. The summed E-state index contributed by atoms with van der Waals surface area (Å²) in [5, 5.41) is 9.69. The molecule has 1 aliphatic rings. The van der Waals surface area contributed by atoms with E-state index in [1.54, 1.807) is 0 Å². The van der Waals surface area contributed by atoms with Crippen LogP contribution in [0.2, 0.25) is 0 Å². The Balaban J connectivity index is 0.689. The summed E-state index contributed by atoms with van der Waals surface area (Å²) >= 11 is 0. The molecule has 0 saturated heterocycles. The highest BCUT2D eigenvalue weighted by atomic mass is 15.2. The molecule has 0 spiro atoms. The monoisotopic (exact) mass is 1180 g/mol. The number of allylic oxidation sites excluding steroid dienone is 4. The molecule has 0 aromatic heterocycles. The van der Waals surface area contributed by atoms with E-state index in [1.165, 1.54) is 65.6 Å². The molecule has 15 aromatic carbocycles. The molecule has 0 bridgehead atoms. The molecule has 0 radical (unpaired) electrons. The summed E-state index contributed by atoms with van der Waals surface area (Å²) in [5.74, 6) is 0. The number of para-hydroxylation sites is 2. The van der Waals surface area contributed by atoms with Crippen LogP contribution in [0.15, 0.2) is 370 Å². The highest BCUT2D eigenvalue weighted by Gasteiger charge is 2.23. The molecule has 16 rings (SSSR count). The van der Waals surface area contributed by atoms with Crippen LogP contribution in [-0.2, 0) is 0 Å². The Hall–Kier alpha value is -12.0. The molecule has 0 fully saturated rings. The molecular formula is C88H64N4. The van der Waals surface area contributed by atoms with Crippen molar-refractivity contribution in [3.8, 4) is 22.3 Å². The Bertz CT molecular complexity index is 5170. The fraction of sp³-hybridized carbons (Fsp3) is 0.0227. The van der Waals surface area contributed by atoms with Crippen LogP contribution < -0.4 is 19.6 Å². The molecule has 1 aliphatic carbocycles. The van der Waals surface area contributed by atoms with Crippen molar-refractivity contribution in [2.75, 3.05) is 19.6 Å². The standard InChI is InChI=1S/C88H64N4/c1-3-27-73(28-4-1)89(85-35-15-23-69-19-7-11-31-81(69)85)75-51-39-63(40-52-75)65-43-55-77(56-44-65)91(87-37-17-25-71-21-9-13-33-83(71)87)79-59-47-67(48-60-79)68-49-61-80(62-50-68)92(88-38-18-26-72-22-10-14-34-84(72)88)78-57-45-66(46-58-78)64-41-53-76(54-42-64)90(74-29-5-2-6-30-74)86-36-16-24-70-20-8-12-32-82(70)86/h1-41,43-53,55-62H,42,54H2. The molecule has 92 heavy (non-hydrogen) atoms. The van der Waals surface area contributed by atoms with Crippen molar-refractivity contribution >= 4 is 111 Å².